The van der Waals surface area contributed by atoms with E-state index in [2.05, 4.69) is 10.6 Å². The molecule has 1 fully saturated rings. The molecule has 1 aliphatic rings. The van der Waals surface area contributed by atoms with Crippen molar-refractivity contribution in [3.63, 3.8) is 0 Å². The third-order valence-electron chi connectivity index (χ3n) is 3.08. The van der Waals surface area contributed by atoms with Crippen molar-refractivity contribution in [1.29, 1.82) is 0 Å². The van der Waals surface area contributed by atoms with Crippen LogP contribution in [0.4, 0.5) is 0 Å². The molecule has 0 radical (unpaired) electrons. The molecule has 0 spiro atoms. The van der Waals surface area contributed by atoms with Crippen molar-refractivity contribution in [3.8, 4) is 0 Å². The zero-order valence-corrected chi connectivity index (χ0v) is 11.5. The molecule has 4 nitrogen and oxygen atoms in total. The minimum atomic E-state index is -0.0329. The predicted octanol–water partition coefficient (Wildman–Crippen LogP) is 1.69. The van der Waals surface area contributed by atoms with Crippen molar-refractivity contribution in [2.75, 3.05) is 19.7 Å². The van der Waals surface area contributed by atoms with Crippen molar-refractivity contribution >= 4 is 17.2 Å². The van der Waals surface area contributed by atoms with Gasteiger partial charge < -0.3 is 15.4 Å². The summed E-state index contributed by atoms with van der Waals surface area (Å²) in [5.41, 5.74) is 0. The molecule has 1 aliphatic heterocycles. The molecule has 1 atom stereocenters. The Morgan fingerprint density at radius 3 is 3.06 bits per heavy atom. The molecular weight excluding hydrogens is 248 g/mol. The number of piperidine rings is 1. The van der Waals surface area contributed by atoms with Crippen LogP contribution in [0.5, 0.6) is 0 Å². The molecule has 18 heavy (non-hydrogen) atoms. The molecule has 2 rings (SSSR count). The van der Waals surface area contributed by atoms with Gasteiger partial charge in [0.25, 0.3) is 0 Å². The van der Waals surface area contributed by atoms with Crippen molar-refractivity contribution in [1.82, 2.24) is 10.6 Å². The first-order chi connectivity index (χ1) is 8.75. The summed E-state index contributed by atoms with van der Waals surface area (Å²) in [7, 11) is 0. The highest BCUT2D eigenvalue weighted by molar-refractivity contribution is 7.10. The molecule has 5 heteroatoms. The molecule has 2 N–H and O–H groups in total. The molecule has 100 valence electrons. The fraction of sp³-hybridized carbons (Fsp3) is 0.615. The normalized spacial score (nSPS) is 18.5. The van der Waals surface area contributed by atoms with Gasteiger partial charge in [0.1, 0.15) is 6.61 Å². The summed E-state index contributed by atoms with van der Waals surface area (Å²) in [6.07, 6.45) is 2.22. The number of hydrogen-bond donors (Lipinski definition) is 2. The molecule has 0 unspecified atom stereocenters. The summed E-state index contributed by atoms with van der Waals surface area (Å²) < 4.78 is 5.61. The number of carbonyl (C=O) groups excluding carboxylic acids is 1. The van der Waals surface area contributed by atoms with Gasteiger partial charge in [0.05, 0.1) is 12.1 Å². The van der Waals surface area contributed by atoms with Crippen LogP contribution in [0.25, 0.3) is 0 Å². The van der Waals surface area contributed by atoms with Gasteiger partial charge >= 0.3 is 0 Å². The zero-order valence-electron chi connectivity index (χ0n) is 10.6. The molecule has 0 saturated carbocycles. The van der Waals surface area contributed by atoms with Crippen LogP contribution >= 0.6 is 11.3 Å². The molecular formula is C13H20N2O2S. The van der Waals surface area contributed by atoms with E-state index in [-0.39, 0.29) is 24.7 Å². The third-order valence-corrected chi connectivity index (χ3v) is 4.14. The SMILES string of the molecule is C[C@H](NC(=O)COC1CCNCC1)c1cccs1. The average Bonchev–Trinajstić information content (AvgIpc) is 2.91. The highest BCUT2D eigenvalue weighted by Gasteiger charge is 2.16. The number of hydrogen-bond acceptors (Lipinski definition) is 4. The smallest absolute Gasteiger partial charge is 0.246 e. The number of rotatable bonds is 5. The highest BCUT2D eigenvalue weighted by Crippen LogP contribution is 2.17. The average molecular weight is 268 g/mol. The van der Waals surface area contributed by atoms with E-state index < -0.39 is 0 Å². The van der Waals surface area contributed by atoms with E-state index in [1.807, 2.05) is 24.4 Å². The summed E-state index contributed by atoms with van der Waals surface area (Å²) in [5.74, 6) is -0.0329. The largest absolute Gasteiger partial charge is 0.368 e. The second-order valence-corrected chi connectivity index (χ2v) is 5.54. The lowest BCUT2D eigenvalue weighted by Crippen LogP contribution is -2.36. The van der Waals surface area contributed by atoms with Crippen LogP contribution in [-0.2, 0) is 9.53 Å². The molecule has 1 saturated heterocycles. The number of nitrogens with one attached hydrogen (secondary N) is 2. The summed E-state index contributed by atoms with van der Waals surface area (Å²) in [4.78, 5) is 12.9. The molecule has 2 heterocycles. The van der Waals surface area contributed by atoms with Gasteiger partial charge in [-0.15, -0.1) is 11.3 Å². The maximum Gasteiger partial charge on any atom is 0.246 e. The molecule has 1 amide bonds. The lowest BCUT2D eigenvalue weighted by molar-refractivity contribution is -0.128. The van der Waals surface area contributed by atoms with Gasteiger partial charge in [-0.05, 0) is 44.3 Å². The first-order valence-electron chi connectivity index (χ1n) is 6.41. The second-order valence-electron chi connectivity index (χ2n) is 4.56. The Labute approximate surface area is 112 Å². The Morgan fingerprint density at radius 2 is 2.39 bits per heavy atom. The van der Waals surface area contributed by atoms with Crippen LogP contribution in [0.3, 0.4) is 0 Å². The third kappa shape index (κ3) is 4.08. The van der Waals surface area contributed by atoms with Gasteiger partial charge in [0.2, 0.25) is 5.91 Å². The van der Waals surface area contributed by atoms with Gasteiger partial charge in [0, 0.05) is 4.88 Å². The molecule has 0 bridgehead atoms. The van der Waals surface area contributed by atoms with E-state index >= 15 is 0 Å². The van der Waals surface area contributed by atoms with Crippen LogP contribution in [0.15, 0.2) is 17.5 Å². The van der Waals surface area contributed by atoms with E-state index in [1.165, 1.54) is 4.88 Å². The van der Waals surface area contributed by atoms with Crippen LogP contribution in [0.1, 0.15) is 30.7 Å². The van der Waals surface area contributed by atoms with Crippen molar-refractivity contribution in [2.45, 2.75) is 31.9 Å². The quantitative estimate of drug-likeness (QED) is 0.854. The molecule has 0 aliphatic carbocycles. The van der Waals surface area contributed by atoms with Gasteiger partial charge in [-0.2, -0.15) is 0 Å². The number of thiophene rings is 1. The van der Waals surface area contributed by atoms with Crippen molar-refractivity contribution < 1.29 is 9.53 Å². The predicted molar refractivity (Wildman–Crippen MR) is 72.7 cm³/mol. The number of amides is 1. The Balaban J connectivity index is 1.68. The van der Waals surface area contributed by atoms with E-state index in [0.29, 0.717) is 0 Å². The van der Waals surface area contributed by atoms with Crippen LogP contribution < -0.4 is 10.6 Å². The Kier molecular flexibility index (Phi) is 5.16. The minimum absolute atomic E-state index is 0.0329. The van der Waals surface area contributed by atoms with Gasteiger partial charge in [-0.3, -0.25) is 4.79 Å². The fourth-order valence-corrected chi connectivity index (χ4v) is 2.78. The Morgan fingerprint density at radius 1 is 1.61 bits per heavy atom. The highest BCUT2D eigenvalue weighted by atomic mass is 32.1. The Bertz CT molecular complexity index is 361. The summed E-state index contributed by atoms with van der Waals surface area (Å²) in [6, 6.07) is 4.09. The first kappa shape index (κ1) is 13.5. The van der Waals surface area contributed by atoms with Crippen LogP contribution in [-0.4, -0.2) is 31.7 Å². The zero-order chi connectivity index (χ0) is 12.8. The minimum Gasteiger partial charge on any atom is -0.368 e. The van der Waals surface area contributed by atoms with Crippen LogP contribution in [0, 0.1) is 0 Å². The summed E-state index contributed by atoms with van der Waals surface area (Å²) in [6.45, 7) is 4.13. The van der Waals surface area contributed by atoms with Crippen LogP contribution in [0.2, 0.25) is 0 Å². The van der Waals surface area contributed by atoms with E-state index in [9.17, 15) is 4.79 Å². The monoisotopic (exact) mass is 268 g/mol. The lowest BCUT2D eigenvalue weighted by Gasteiger charge is -2.23. The van der Waals surface area contributed by atoms with E-state index in [0.717, 1.165) is 25.9 Å². The van der Waals surface area contributed by atoms with Gasteiger partial charge in [-0.25, -0.2) is 0 Å². The van der Waals surface area contributed by atoms with Crippen molar-refractivity contribution in [2.24, 2.45) is 0 Å². The molecule has 0 aromatic carbocycles. The summed E-state index contributed by atoms with van der Waals surface area (Å²) in [5, 5.41) is 8.24. The van der Waals surface area contributed by atoms with E-state index in [4.69, 9.17) is 4.74 Å². The molecule has 1 aromatic heterocycles. The maximum atomic E-state index is 11.7. The number of carbonyl (C=O) groups is 1. The summed E-state index contributed by atoms with van der Waals surface area (Å²) >= 11 is 1.66. The number of ether oxygens (including phenoxy) is 1. The van der Waals surface area contributed by atoms with Crippen molar-refractivity contribution in [3.05, 3.63) is 22.4 Å². The van der Waals surface area contributed by atoms with E-state index in [1.54, 1.807) is 11.3 Å². The fourth-order valence-electron chi connectivity index (χ4n) is 2.05. The molecule has 1 aromatic rings. The maximum absolute atomic E-state index is 11.7. The standard InChI is InChI=1S/C13H20N2O2S/c1-10(12-3-2-8-18-12)15-13(16)9-17-11-4-6-14-7-5-11/h2-3,8,10-11,14H,4-7,9H2,1H3,(H,15,16)/t10-/m0/s1. The Hall–Kier alpha value is -0.910. The lowest BCUT2D eigenvalue weighted by atomic mass is 10.1. The topological polar surface area (TPSA) is 50.4 Å². The van der Waals surface area contributed by atoms with Gasteiger partial charge in [-0.1, -0.05) is 6.07 Å². The second kappa shape index (κ2) is 6.87. The first-order valence-corrected chi connectivity index (χ1v) is 7.29. The van der Waals surface area contributed by atoms with Gasteiger partial charge in [0.15, 0.2) is 0 Å².